The molecule has 2 atom stereocenters. The second kappa shape index (κ2) is 7.55. The fourth-order valence-electron chi connectivity index (χ4n) is 2.07. The van der Waals surface area contributed by atoms with Crippen molar-refractivity contribution in [3.8, 4) is 0 Å². The highest BCUT2D eigenvalue weighted by Gasteiger charge is 2.49. The molecule has 1 rings (SSSR count). The number of carboxylic acid groups (broad SMARTS) is 2. The maximum absolute atomic E-state index is 11.5. The van der Waals surface area contributed by atoms with Crippen molar-refractivity contribution in [3.63, 3.8) is 0 Å². The first kappa shape index (κ1) is 18.4. The third-order valence-electron chi connectivity index (χ3n) is 3.33. The van der Waals surface area contributed by atoms with Crippen molar-refractivity contribution < 1.29 is 34.4 Å². The van der Waals surface area contributed by atoms with Crippen LogP contribution in [-0.4, -0.2) is 39.8 Å². The fraction of sp³-hybridized carbons (Fsp3) is 0.312. The van der Waals surface area contributed by atoms with E-state index in [0.29, 0.717) is 0 Å². The van der Waals surface area contributed by atoms with E-state index in [1.165, 1.54) is 31.2 Å². The van der Waals surface area contributed by atoms with Crippen molar-refractivity contribution in [2.45, 2.75) is 18.9 Å². The van der Waals surface area contributed by atoms with Gasteiger partial charge in [0.25, 0.3) is 0 Å². The van der Waals surface area contributed by atoms with Gasteiger partial charge in [-0.2, -0.15) is 0 Å². The van der Waals surface area contributed by atoms with Crippen LogP contribution in [0.1, 0.15) is 18.9 Å². The van der Waals surface area contributed by atoms with Crippen LogP contribution in [0, 0.1) is 5.92 Å². The quantitative estimate of drug-likeness (QED) is 0.485. The first-order chi connectivity index (χ1) is 10.7. The number of carbonyl (C=O) groups excluding carboxylic acids is 1. The van der Waals surface area contributed by atoms with Crippen LogP contribution >= 0.6 is 0 Å². The van der Waals surface area contributed by atoms with Gasteiger partial charge in [-0.25, -0.2) is 9.59 Å². The molecule has 0 spiro atoms. The van der Waals surface area contributed by atoms with Gasteiger partial charge in [-0.3, -0.25) is 4.79 Å². The van der Waals surface area contributed by atoms with Crippen LogP contribution in [0.4, 0.5) is 0 Å². The molecule has 0 aliphatic heterocycles. The molecule has 0 saturated carbocycles. The van der Waals surface area contributed by atoms with Gasteiger partial charge in [0.1, 0.15) is 5.92 Å². The van der Waals surface area contributed by atoms with Crippen LogP contribution in [-0.2, 0) is 24.7 Å². The van der Waals surface area contributed by atoms with E-state index in [2.05, 4.69) is 6.58 Å². The minimum absolute atomic E-state index is 0.0638. The molecule has 0 radical (unpaired) electrons. The molecule has 23 heavy (non-hydrogen) atoms. The van der Waals surface area contributed by atoms with Gasteiger partial charge >= 0.3 is 17.9 Å². The van der Waals surface area contributed by atoms with E-state index in [1.54, 1.807) is 6.07 Å². The summed E-state index contributed by atoms with van der Waals surface area (Å²) in [5, 5.41) is 29.2. The highest BCUT2D eigenvalue weighted by molar-refractivity contribution is 5.88. The number of hydrogen-bond donors (Lipinski definition) is 3. The molecule has 0 aromatic heterocycles. The van der Waals surface area contributed by atoms with Crippen molar-refractivity contribution in [1.29, 1.82) is 0 Å². The van der Waals surface area contributed by atoms with E-state index in [1.807, 2.05) is 0 Å². The Morgan fingerprint density at radius 3 is 2.22 bits per heavy atom. The topological polar surface area (TPSA) is 121 Å². The van der Waals surface area contributed by atoms with Gasteiger partial charge in [0.05, 0.1) is 6.61 Å². The molecule has 1 aromatic carbocycles. The highest BCUT2D eigenvalue weighted by Crippen LogP contribution is 2.33. The molecule has 7 heteroatoms. The average molecular weight is 322 g/mol. The molecular formula is C16H18O7. The predicted molar refractivity (Wildman–Crippen MR) is 79.5 cm³/mol. The van der Waals surface area contributed by atoms with E-state index in [-0.39, 0.29) is 24.2 Å². The summed E-state index contributed by atoms with van der Waals surface area (Å²) in [5.74, 6) is -5.61. The number of esters is 1. The van der Waals surface area contributed by atoms with Crippen LogP contribution < -0.4 is 0 Å². The molecular weight excluding hydrogens is 304 g/mol. The second-order valence-electron chi connectivity index (χ2n) is 5.03. The lowest BCUT2D eigenvalue weighted by Gasteiger charge is -2.30. The van der Waals surface area contributed by atoms with Gasteiger partial charge in [-0.1, -0.05) is 36.9 Å². The number of benzene rings is 1. The smallest absolute Gasteiger partial charge is 0.341 e. The second-order valence-corrected chi connectivity index (χ2v) is 5.03. The van der Waals surface area contributed by atoms with Gasteiger partial charge in [-0.15, -0.1) is 0 Å². The predicted octanol–water partition coefficient (Wildman–Crippen LogP) is 1.17. The zero-order valence-electron chi connectivity index (χ0n) is 12.6. The van der Waals surface area contributed by atoms with Crippen molar-refractivity contribution in [2.24, 2.45) is 5.92 Å². The molecule has 1 aromatic rings. The Balaban J connectivity index is 3.04. The lowest BCUT2D eigenvalue weighted by atomic mass is 9.79. The molecule has 0 bridgehead atoms. The van der Waals surface area contributed by atoms with Crippen LogP contribution in [0.5, 0.6) is 0 Å². The third-order valence-corrected chi connectivity index (χ3v) is 3.33. The van der Waals surface area contributed by atoms with Crippen LogP contribution in [0.2, 0.25) is 0 Å². The molecule has 0 aliphatic carbocycles. The van der Waals surface area contributed by atoms with Crippen molar-refractivity contribution >= 4 is 17.9 Å². The SMILES string of the molecule is C=C(C)C(=O)OCCC(C(=O)O)C(O)(C(=O)O)c1ccccc1. The summed E-state index contributed by atoms with van der Waals surface area (Å²) in [6.07, 6.45) is -0.369. The first-order valence-corrected chi connectivity index (χ1v) is 6.78. The fourth-order valence-corrected chi connectivity index (χ4v) is 2.07. The largest absolute Gasteiger partial charge is 0.481 e. The summed E-state index contributed by atoms with van der Waals surface area (Å²) >= 11 is 0. The van der Waals surface area contributed by atoms with Crippen LogP contribution in [0.3, 0.4) is 0 Å². The first-order valence-electron chi connectivity index (χ1n) is 6.78. The molecule has 0 aliphatic rings. The Hall–Kier alpha value is -2.67. The zero-order valence-corrected chi connectivity index (χ0v) is 12.6. The van der Waals surface area contributed by atoms with Gasteiger partial charge in [-0.05, 0) is 18.9 Å². The Morgan fingerprint density at radius 2 is 1.78 bits per heavy atom. The molecule has 3 N–H and O–H groups in total. The minimum atomic E-state index is -2.64. The zero-order chi connectivity index (χ0) is 17.6. The van der Waals surface area contributed by atoms with E-state index < -0.39 is 29.4 Å². The standard InChI is InChI=1S/C16H18O7/c1-10(2)14(19)23-9-8-12(13(17)18)16(22,15(20)21)11-6-4-3-5-7-11/h3-7,12,22H,1,8-9H2,2H3,(H,17,18)(H,20,21). The molecule has 124 valence electrons. The van der Waals surface area contributed by atoms with Crippen molar-refractivity contribution in [3.05, 3.63) is 48.0 Å². The molecule has 7 nitrogen and oxygen atoms in total. The van der Waals surface area contributed by atoms with Crippen LogP contribution in [0.25, 0.3) is 0 Å². The molecule has 0 fully saturated rings. The Morgan fingerprint density at radius 1 is 1.22 bits per heavy atom. The highest BCUT2D eigenvalue weighted by atomic mass is 16.5. The summed E-state index contributed by atoms with van der Waals surface area (Å²) < 4.78 is 4.79. The van der Waals surface area contributed by atoms with E-state index in [0.717, 1.165) is 0 Å². The maximum atomic E-state index is 11.5. The Kier molecular flexibility index (Phi) is 6.03. The number of ether oxygens (including phenoxy) is 1. The summed E-state index contributed by atoms with van der Waals surface area (Å²) in [6.45, 7) is 4.45. The van der Waals surface area contributed by atoms with Gasteiger partial charge in [0.2, 0.25) is 5.60 Å². The van der Waals surface area contributed by atoms with Crippen molar-refractivity contribution in [1.82, 2.24) is 0 Å². The van der Waals surface area contributed by atoms with E-state index in [4.69, 9.17) is 4.74 Å². The summed E-state index contributed by atoms with van der Waals surface area (Å²) in [6, 6.07) is 7.23. The van der Waals surface area contributed by atoms with Crippen molar-refractivity contribution in [2.75, 3.05) is 6.61 Å². The Bertz CT molecular complexity index is 608. The molecule has 2 unspecified atom stereocenters. The number of carboxylic acids is 2. The Labute approximate surface area is 132 Å². The monoisotopic (exact) mass is 322 g/mol. The molecule has 0 saturated heterocycles. The summed E-state index contributed by atoms with van der Waals surface area (Å²) in [4.78, 5) is 34.3. The summed E-state index contributed by atoms with van der Waals surface area (Å²) in [7, 11) is 0. The molecule has 0 heterocycles. The maximum Gasteiger partial charge on any atom is 0.341 e. The summed E-state index contributed by atoms with van der Waals surface area (Å²) in [5.41, 5.74) is -2.57. The number of rotatable bonds is 8. The minimum Gasteiger partial charge on any atom is -0.481 e. The normalized spacial score (nSPS) is 14.3. The number of aliphatic hydroxyl groups is 1. The lowest BCUT2D eigenvalue weighted by Crippen LogP contribution is -2.47. The molecule has 0 amide bonds. The van der Waals surface area contributed by atoms with Crippen LogP contribution in [0.15, 0.2) is 42.5 Å². The van der Waals surface area contributed by atoms with Gasteiger partial charge in [0, 0.05) is 5.57 Å². The third kappa shape index (κ3) is 4.17. The lowest BCUT2D eigenvalue weighted by molar-refractivity contribution is -0.177. The van der Waals surface area contributed by atoms with Gasteiger partial charge < -0.3 is 20.1 Å². The number of aliphatic carboxylic acids is 2. The van der Waals surface area contributed by atoms with E-state index in [9.17, 15) is 29.7 Å². The van der Waals surface area contributed by atoms with Gasteiger partial charge in [0.15, 0.2) is 0 Å². The van der Waals surface area contributed by atoms with E-state index >= 15 is 0 Å². The number of hydrogen-bond acceptors (Lipinski definition) is 5. The number of carbonyl (C=O) groups is 3. The average Bonchev–Trinajstić information content (AvgIpc) is 2.50.